The average molecular weight is 270 g/mol. The molecule has 0 aromatic carbocycles. The third-order valence-corrected chi connectivity index (χ3v) is 4.28. The van der Waals surface area contributed by atoms with E-state index in [9.17, 15) is 0 Å². The topological polar surface area (TPSA) is 24.5 Å². The van der Waals surface area contributed by atoms with Crippen molar-refractivity contribution in [3.05, 3.63) is 0 Å². The molecule has 1 aliphatic heterocycles. The van der Waals surface area contributed by atoms with Crippen molar-refractivity contribution in [2.75, 3.05) is 39.9 Å². The average Bonchev–Trinajstić information content (AvgIpc) is 2.35. The maximum atomic E-state index is 5.22. The van der Waals surface area contributed by atoms with Gasteiger partial charge in [0.05, 0.1) is 0 Å². The Morgan fingerprint density at radius 2 is 2.11 bits per heavy atom. The van der Waals surface area contributed by atoms with E-state index in [2.05, 4.69) is 37.9 Å². The summed E-state index contributed by atoms with van der Waals surface area (Å²) in [5.41, 5.74) is 0.361. The van der Waals surface area contributed by atoms with Gasteiger partial charge in [-0.1, -0.05) is 27.7 Å². The first kappa shape index (κ1) is 16.9. The zero-order valence-electron chi connectivity index (χ0n) is 13.7. The molecule has 0 aromatic heterocycles. The molecule has 1 heterocycles. The van der Waals surface area contributed by atoms with E-state index in [1.54, 1.807) is 7.11 Å². The van der Waals surface area contributed by atoms with Gasteiger partial charge in [0.25, 0.3) is 0 Å². The molecular formula is C16H34N2O. The molecule has 0 aliphatic carbocycles. The van der Waals surface area contributed by atoms with Crippen LogP contribution in [0.4, 0.5) is 0 Å². The molecule has 1 fully saturated rings. The van der Waals surface area contributed by atoms with Crippen LogP contribution in [-0.4, -0.2) is 50.8 Å². The van der Waals surface area contributed by atoms with E-state index < -0.39 is 0 Å². The zero-order valence-corrected chi connectivity index (χ0v) is 13.7. The van der Waals surface area contributed by atoms with Crippen molar-refractivity contribution in [1.82, 2.24) is 10.2 Å². The lowest BCUT2D eigenvalue weighted by Gasteiger charge is -2.41. The van der Waals surface area contributed by atoms with Crippen molar-refractivity contribution in [3.8, 4) is 0 Å². The number of likely N-dealkylation sites (tertiary alicyclic amines) is 1. The number of methoxy groups -OCH3 is 1. The van der Waals surface area contributed by atoms with E-state index in [0.29, 0.717) is 5.41 Å². The van der Waals surface area contributed by atoms with Crippen LogP contribution < -0.4 is 5.32 Å². The molecule has 1 N–H and O–H groups in total. The van der Waals surface area contributed by atoms with Crippen molar-refractivity contribution < 1.29 is 4.74 Å². The Balaban J connectivity index is 2.34. The zero-order chi connectivity index (χ0) is 14.3. The number of ether oxygens (including phenoxy) is 1. The molecule has 0 amide bonds. The van der Waals surface area contributed by atoms with Gasteiger partial charge >= 0.3 is 0 Å². The Kier molecular flexibility index (Phi) is 7.33. The fraction of sp³-hybridized carbons (Fsp3) is 1.00. The van der Waals surface area contributed by atoms with Gasteiger partial charge < -0.3 is 15.0 Å². The molecule has 2 unspecified atom stereocenters. The second-order valence-electron chi connectivity index (χ2n) is 6.97. The molecule has 1 rings (SSSR count). The minimum atomic E-state index is 0.361. The molecule has 0 spiro atoms. The van der Waals surface area contributed by atoms with Crippen LogP contribution in [0.2, 0.25) is 0 Å². The first-order valence-electron chi connectivity index (χ1n) is 7.93. The van der Waals surface area contributed by atoms with Gasteiger partial charge in [0.2, 0.25) is 0 Å². The van der Waals surface area contributed by atoms with Crippen molar-refractivity contribution in [3.63, 3.8) is 0 Å². The Labute approximate surface area is 120 Å². The highest BCUT2D eigenvalue weighted by atomic mass is 16.5. The Morgan fingerprint density at radius 1 is 1.37 bits per heavy atom. The molecule has 19 heavy (non-hydrogen) atoms. The molecule has 0 aromatic rings. The summed E-state index contributed by atoms with van der Waals surface area (Å²) in [6.07, 6.45) is 3.67. The SMILES string of the molecule is CCCNC1CCN(CC(C)(C)CCOC)CC1C. The smallest absolute Gasteiger partial charge is 0.0467 e. The van der Waals surface area contributed by atoms with E-state index >= 15 is 0 Å². The van der Waals surface area contributed by atoms with Crippen molar-refractivity contribution in [2.24, 2.45) is 11.3 Å². The Bertz CT molecular complexity index is 243. The predicted octanol–water partition coefficient (Wildman–Crippen LogP) is 2.76. The number of nitrogens with zero attached hydrogens (tertiary/aromatic N) is 1. The first-order chi connectivity index (χ1) is 8.98. The summed E-state index contributed by atoms with van der Waals surface area (Å²) in [5, 5.41) is 3.69. The predicted molar refractivity (Wildman–Crippen MR) is 82.6 cm³/mol. The number of piperidine rings is 1. The fourth-order valence-electron chi connectivity index (χ4n) is 3.07. The summed E-state index contributed by atoms with van der Waals surface area (Å²) in [6.45, 7) is 15.1. The van der Waals surface area contributed by atoms with Crippen molar-refractivity contribution in [2.45, 2.75) is 53.0 Å². The number of rotatable bonds is 8. The van der Waals surface area contributed by atoms with E-state index in [4.69, 9.17) is 4.74 Å². The molecule has 1 aliphatic rings. The second kappa shape index (κ2) is 8.23. The molecule has 0 bridgehead atoms. The lowest BCUT2D eigenvalue weighted by atomic mass is 9.86. The van der Waals surface area contributed by atoms with Crippen molar-refractivity contribution >= 4 is 0 Å². The van der Waals surface area contributed by atoms with Gasteiger partial charge in [0.15, 0.2) is 0 Å². The van der Waals surface area contributed by atoms with Crippen LogP contribution in [0.15, 0.2) is 0 Å². The standard InChI is InChI=1S/C16H34N2O/c1-6-9-17-15-7-10-18(12-14(15)2)13-16(3,4)8-11-19-5/h14-15,17H,6-13H2,1-5H3. The van der Waals surface area contributed by atoms with Crippen LogP contribution >= 0.6 is 0 Å². The largest absolute Gasteiger partial charge is 0.385 e. The third-order valence-electron chi connectivity index (χ3n) is 4.28. The summed E-state index contributed by atoms with van der Waals surface area (Å²) in [5.74, 6) is 0.763. The molecule has 2 atom stereocenters. The van der Waals surface area contributed by atoms with Gasteiger partial charge in [-0.05, 0) is 43.7 Å². The van der Waals surface area contributed by atoms with Crippen LogP contribution in [0.1, 0.15) is 47.0 Å². The molecule has 0 radical (unpaired) electrons. The van der Waals surface area contributed by atoms with Crippen LogP contribution in [0, 0.1) is 11.3 Å². The summed E-state index contributed by atoms with van der Waals surface area (Å²) in [6, 6.07) is 0.721. The molecule has 1 saturated heterocycles. The monoisotopic (exact) mass is 270 g/mol. The second-order valence-corrected chi connectivity index (χ2v) is 6.97. The number of hydrogen-bond acceptors (Lipinski definition) is 3. The lowest BCUT2D eigenvalue weighted by molar-refractivity contribution is 0.0808. The molecular weight excluding hydrogens is 236 g/mol. The summed E-state index contributed by atoms with van der Waals surface area (Å²) >= 11 is 0. The Hall–Kier alpha value is -0.120. The molecule has 3 nitrogen and oxygen atoms in total. The molecule has 0 saturated carbocycles. The van der Waals surface area contributed by atoms with E-state index in [0.717, 1.165) is 31.5 Å². The maximum absolute atomic E-state index is 5.22. The van der Waals surface area contributed by atoms with Gasteiger partial charge in [-0.15, -0.1) is 0 Å². The Morgan fingerprint density at radius 3 is 2.68 bits per heavy atom. The minimum Gasteiger partial charge on any atom is -0.385 e. The van der Waals surface area contributed by atoms with Gasteiger partial charge in [0.1, 0.15) is 0 Å². The highest BCUT2D eigenvalue weighted by molar-refractivity contribution is 4.85. The third kappa shape index (κ3) is 6.24. The quantitative estimate of drug-likeness (QED) is 0.734. The maximum Gasteiger partial charge on any atom is 0.0467 e. The summed E-state index contributed by atoms with van der Waals surface area (Å²) in [4.78, 5) is 2.64. The molecule has 114 valence electrons. The highest BCUT2D eigenvalue weighted by Crippen LogP contribution is 2.25. The summed E-state index contributed by atoms with van der Waals surface area (Å²) < 4.78 is 5.22. The van der Waals surface area contributed by atoms with Gasteiger partial charge in [0, 0.05) is 32.8 Å². The van der Waals surface area contributed by atoms with E-state index in [1.165, 1.54) is 32.5 Å². The van der Waals surface area contributed by atoms with Gasteiger partial charge in [-0.3, -0.25) is 0 Å². The lowest BCUT2D eigenvalue weighted by Crippen LogP contribution is -2.50. The van der Waals surface area contributed by atoms with Crippen molar-refractivity contribution in [1.29, 1.82) is 0 Å². The van der Waals surface area contributed by atoms with Crippen LogP contribution in [-0.2, 0) is 4.74 Å². The number of nitrogens with one attached hydrogen (secondary N) is 1. The van der Waals surface area contributed by atoms with Crippen LogP contribution in [0.5, 0.6) is 0 Å². The molecule has 3 heteroatoms. The normalized spacial score (nSPS) is 25.7. The summed E-state index contributed by atoms with van der Waals surface area (Å²) in [7, 11) is 1.79. The number of hydrogen-bond donors (Lipinski definition) is 1. The van der Waals surface area contributed by atoms with E-state index in [1.807, 2.05) is 0 Å². The van der Waals surface area contributed by atoms with Gasteiger partial charge in [-0.2, -0.15) is 0 Å². The van der Waals surface area contributed by atoms with Crippen LogP contribution in [0.3, 0.4) is 0 Å². The minimum absolute atomic E-state index is 0.361. The highest BCUT2D eigenvalue weighted by Gasteiger charge is 2.29. The fourth-order valence-corrected chi connectivity index (χ4v) is 3.07. The first-order valence-corrected chi connectivity index (χ1v) is 7.93. The van der Waals surface area contributed by atoms with Crippen LogP contribution in [0.25, 0.3) is 0 Å². The van der Waals surface area contributed by atoms with E-state index in [-0.39, 0.29) is 0 Å². The van der Waals surface area contributed by atoms with Gasteiger partial charge in [-0.25, -0.2) is 0 Å².